The van der Waals surface area contributed by atoms with Crippen LogP contribution in [0.15, 0.2) is 70.5 Å². The molecule has 9 nitrogen and oxygen atoms in total. The van der Waals surface area contributed by atoms with Crippen molar-refractivity contribution in [2.45, 2.75) is 26.3 Å². The molecular weight excluding hydrogens is 548 g/mol. The number of aromatic nitrogens is 2. The van der Waals surface area contributed by atoms with Crippen molar-refractivity contribution < 1.29 is 14.3 Å². The molecule has 2 aromatic carbocycles. The average molecular weight is 575 g/mol. The highest BCUT2D eigenvalue weighted by molar-refractivity contribution is 9.10. The van der Waals surface area contributed by atoms with Crippen LogP contribution in [-0.4, -0.2) is 59.8 Å². The number of carbonyl (C=O) groups excluding carboxylic acids is 2. The van der Waals surface area contributed by atoms with E-state index in [4.69, 9.17) is 9.84 Å². The Hall–Kier alpha value is -3.79. The summed E-state index contributed by atoms with van der Waals surface area (Å²) in [5, 5.41) is 6.30. The second-order valence-corrected chi connectivity index (χ2v) is 10.6. The fourth-order valence-electron chi connectivity index (χ4n) is 5.87. The van der Waals surface area contributed by atoms with Gasteiger partial charge < -0.3 is 14.5 Å². The number of fused-ring (bicyclic) bond motifs is 4. The predicted molar refractivity (Wildman–Crippen MR) is 149 cm³/mol. The van der Waals surface area contributed by atoms with Crippen LogP contribution in [0.4, 0.5) is 17.3 Å². The van der Waals surface area contributed by atoms with Gasteiger partial charge in [0.1, 0.15) is 5.41 Å². The van der Waals surface area contributed by atoms with Crippen LogP contribution in [0.5, 0.6) is 0 Å². The molecule has 0 radical (unpaired) electrons. The maximum atomic E-state index is 14.4. The number of hydrogen-bond donors (Lipinski definition) is 0. The third kappa shape index (κ3) is 3.86. The molecule has 3 aliphatic heterocycles. The molecule has 1 saturated heterocycles. The summed E-state index contributed by atoms with van der Waals surface area (Å²) in [6.07, 6.45) is 4.03. The van der Waals surface area contributed by atoms with Gasteiger partial charge in [-0.05, 0) is 74.4 Å². The highest BCUT2D eigenvalue weighted by Gasteiger charge is 2.60. The SMILES string of the molecule is CCOC(=O)c1ccc(N2N=C(C)[C@@]3(Cc4cc(Br)ccc4N4CCN(c5ncccn5)C[C@@H]43)C2=O)cc1. The highest BCUT2D eigenvalue weighted by Crippen LogP contribution is 2.48. The third-order valence-corrected chi connectivity index (χ3v) is 8.19. The van der Waals surface area contributed by atoms with Crippen molar-refractivity contribution in [3.8, 4) is 0 Å². The maximum Gasteiger partial charge on any atom is 0.338 e. The van der Waals surface area contributed by atoms with Crippen LogP contribution in [0.2, 0.25) is 0 Å². The molecule has 3 aromatic rings. The molecule has 2 atom stereocenters. The van der Waals surface area contributed by atoms with Gasteiger partial charge in [0.25, 0.3) is 5.91 Å². The van der Waals surface area contributed by atoms with Crippen LogP contribution in [0.1, 0.15) is 29.8 Å². The zero-order chi connectivity index (χ0) is 26.4. The Morgan fingerprint density at radius 1 is 1.13 bits per heavy atom. The van der Waals surface area contributed by atoms with Crippen molar-refractivity contribution in [1.82, 2.24) is 9.97 Å². The summed E-state index contributed by atoms with van der Waals surface area (Å²) in [6, 6.07) is 14.8. The quantitative estimate of drug-likeness (QED) is 0.433. The van der Waals surface area contributed by atoms with E-state index in [1.165, 1.54) is 5.01 Å². The van der Waals surface area contributed by atoms with E-state index in [2.05, 4.69) is 53.9 Å². The number of halogens is 1. The number of benzene rings is 2. The topological polar surface area (TPSA) is 91.2 Å². The van der Waals surface area contributed by atoms with E-state index >= 15 is 0 Å². The largest absolute Gasteiger partial charge is 0.462 e. The molecule has 194 valence electrons. The molecule has 3 aliphatic rings. The van der Waals surface area contributed by atoms with Crippen molar-refractivity contribution in [2.24, 2.45) is 10.5 Å². The molecule has 0 N–H and O–H groups in total. The first-order chi connectivity index (χ1) is 18.4. The van der Waals surface area contributed by atoms with Gasteiger partial charge in [-0.25, -0.2) is 14.8 Å². The number of anilines is 3. The lowest BCUT2D eigenvalue weighted by atomic mass is 9.67. The van der Waals surface area contributed by atoms with Gasteiger partial charge in [-0.3, -0.25) is 4.79 Å². The smallest absolute Gasteiger partial charge is 0.338 e. The minimum absolute atomic E-state index is 0.0738. The number of nitrogens with zero attached hydrogens (tertiary/aromatic N) is 6. The van der Waals surface area contributed by atoms with Crippen LogP contribution in [0.3, 0.4) is 0 Å². The molecular formula is C28H27BrN6O3. The average Bonchev–Trinajstić information content (AvgIpc) is 3.19. The van der Waals surface area contributed by atoms with Crippen LogP contribution < -0.4 is 14.8 Å². The lowest BCUT2D eigenvalue weighted by Crippen LogP contribution is -2.67. The van der Waals surface area contributed by atoms with E-state index in [9.17, 15) is 9.59 Å². The van der Waals surface area contributed by atoms with Gasteiger partial charge in [-0.1, -0.05) is 15.9 Å². The van der Waals surface area contributed by atoms with Crippen LogP contribution in [-0.2, 0) is 16.0 Å². The number of amides is 1. The lowest BCUT2D eigenvalue weighted by molar-refractivity contribution is -0.125. The van der Waals surface area contributed by atoms with Gasteiger partial charge in [-0.2, -0.15) is 10.1 Å². The molecule has 0 unspecified atom stereocenters. The molecule has 0 saturated carbocycles. The first kappa shape index (κ1) is 24.5. The van der Waals surface area contributed by atoms with E-state index in [1.54, 1.807) is 49.6 Å². The van der Waals surface area contributed by atoms with Gasteiger partial charge in [0, 0.05) is 42.2 Å². The molecule has 0 bridgehead atoms. The Morgan fingerprint density at radius 3 is 2.63 bits per heavy atom. The summed E-state index contributed by atoms with van der Waals surface area (Å²) in [5.41, 5.74) is 3.23. The van der Waals surface area contributed by atoms with Gasteiger partial charge >= 0.3 is 5.97 Å². The Morgan fingerprint density at radius 2 is 1.89 bits per heavy atom. The summed E-state index contributed by atoms with van der Waals surface area (Å²) in [5.74, 6) is 0.198. The summed E-state index contributed by atoms with van der Waals surface area (Å²) < 4.78 is 6.08. The van der Waals surface area contributed by atoms with E-state index in [0.29, 0.717) is 36.8 Å². The number of piperazine rings is 1. The Bertz CT molecular complexity index is 1430. The van der Waals surface area contributed by atoms with Gasteiger partial charge in [0.2, 0.25) is 5.95 Å². The van der Waals surface area contributed by atoms with Crippen LogP contribution in [0.25, 0.3) is 0 Å². The number of ether oxygens (including phenoxy) is 1. The fourth-order valence-corrected chi connectivity index (χ4v) is 6.28. The summed E-state index contributed by atoms with van der Waals surface area (Å²) >= 11 is 3.62. The minimum Gasteiger partial charge on any atom is -0.462 e. The minimum atomic E-state index is -0.860. The number of hydrogen-bond acceptors (Lipinski definition) is 8. The monoisotopic (exact) mass is 574 g/mol. The molecule has 38 heavy (non-hydrogen) atoms. The van der Waals surface area contributed by atoms with Crippen molar-refractivity contribution in [1.29, 1.82) is 0 Å². The summed E-state index contributed by atoms with van der Waals surface area (Å²) in [6.45, 7) is 6.09. The summed E-state index contributed by atoms with van der Waals surface area (Å²) in [7, 11) is 0. The van der Waals surface area contributed by atoms with Gasteiger partial charge in [-0.15, -0.1) is 0 Å². The first-order valence-corrected chi connectivity index (χ1v) is 13.5. The van der Waals surface area contributed by atoms with E-state index in [1.807, 2.05) is 6.92 Å². The molecule has 10 heteroatoms. The van der Waals surface area contributed by atoms with E-state index in [-0.39, 0.29) is 11.9 Å². The number of hydrazone groups is 1. The zero-order valence-electron chi connectivity index (χ0n) is 21.2. The number of carbonyl (C=O) groups is 2. The fraction of sp³-hybridized carbons (Fsp3) is 0.321. The highest BCUT2D eigenvalue weighted by atomic mass is 79.9. The Labute approximate surface area is 229 Å². The standard InChI is InChI=1S/C28H27BrN6O3/c1-3-38-25(36)19-5-8-22(9-6-19)35-26(37)28(18(2)32-35)16-20-15-21(29)7-10-23(20)34-14-13-33(17-24(28)34)27-30-11-4-12-31-27/h4-12,15,24H,3,13-14,16-17H2,1-2H3/t24-,28-/m1/s1. The second-order valence-electron chi connectivity index (χ2n) is 9.69. The molecule has 6 rings (SSSR count). The first-order valence-electron chi connectivity index (χ1n) is 12.7. The van der Waals surface area contributed by atoms with Crippen molar-refractivity contribution in [2.75, 3.05) is 41.0 Å². The Balaban J connectivity index is 1.39. The van der Waals surface area contributed by atoms with E-state index < -0.39 is 11.4 Å². The van der Waals surface area contributed by atoms with Crippen molar-refractivity contribution in [3.63, 3.8) is 0 Å². The van der Waals surface area contributed by atoms with Crippen LogP contribution >= 0.6 is 15.9 Å². The zero-order valence-corrected chi connectivity index (χ0v) is 22.8. The molecule has 0 aliphatic carbocycles. The third-order valence-electron chi connectivity index (χ3n) is 7.70. The van der Waals surface area contributed by atoms with E-state index in [0.717, 1.165) is 34.5 Å². The Kier molecular flexibility index (Phi) is 6.14. The molecule has 1 amide bonds. The normalized spacial score (nSPS) is 22.3. The van der Waals surface area contributed by atoms with Crippen molar-refractivity contribution >= 4 is 50.8 Å². The molecule has 4 heterocycles. The van der Waals surface area contributed by atoms with Crippen LogP contribution in [0, 0.1) is 5.41 Å². The second kappa shape index (κ2) is 9.50. The molecule has 1 fully saturated rings. The van der Waals surface area contributed by atoms with Crippen molar-refractivity contribution in [3.05, 3.63) is 76.5 Å². The summed E-state index contributed by atoms with van der Waals surface area (Å²) in [4.78, 5) is 40.0. The number of esters is 1. The molecule has 1 aromatic heterocycles. The molecule has 1 spiro atoms. The maximum absolute atomic E-state index is 14.4. The lowest BCUT2D eigenvalue weighted by Gasteiger charge is -2.53. The van der Waals surface area contributed by atoms with Gasteiger partial charge in [0.05, 0.1) is 29.6 Å². The predicted octanol–water partition coefficient (Wildman–Crippen LogP) is 4.08. The van der Waals surface area contributed by atoms with Gasteiger partial charge in [0.15, 0.2) is 0 Å². The number of rotatable bonds is 4.